The second-order valence-corrected chi connectivity index (χ2v) is 6.64. The van der Waals surface area contributed by atoms with Crippen molar-refractivity contribution < 1.29 is 9.53 Å². The molecule has 1 N–H and O–H groups in total. The number of likely N-dealkylation sites (tertiary alicyclic amines) is 1. The van der Waals surface area contributed by atoms with Crippen LogP contribution in [0.3, 0.4) is 0 Å². The minimum atomic E-state index is -0.0689. The zero-order valence-electron chi connectivity index (χ0n) is 16.1. The minimum absolute atomic E-state index is 0.0144. The SMILES string of the molecule is CCOC(=O)C1CCN(C(=NC)NCCCc2nnc3ccccn23)CC1. The molecule has 0 atom stereocenters. The van der Waals surface area contributed by atoms with E-state index in [0.29, 0.717) is 6.61 Å². The molecule has 2 aromatic rings. The molecule has 8 heteroatoms. The lowest BCUT2D eigenvalue weighted by Crippen LogP contribution is -2.47. The summed E-state index contributed by atoms with van der Waals surface area (Å²) in [6.07, 6.45) is 5.40. The van der Waals surface area contributed by atoms with Crippen molar-refractivity contribution in [2.45, 2.75) is 32.6 Å². The number of piperidine rings is 1. The van der Waals surface area contributed by atoms with E-state index in [9.17, 15) is 4.79 Å². The highest BCUT2D eigenvalue weighted by Gasteiger charge is 2.27. The van der Waals surface area contributed by atoms with E-state index in [1.807, 2.05) is 35.7 Å². The van der Waals surface area contributed by atoms with Crippen LogP contribution in [0, 0.1) is 5.92 Å². The average Bonchev–Trinajstić information content (AvgIpc) is 3.12. The molecule has 8 nitrogen and oxygen atoms in total. The van der Waals surface area contributed by atoms with Gasteiger partial charge in [0, 0.05) is 39.3 Å². The van der Waals surface area contributed by atoms with Gasteiger partial charge < -0.3 is 15.0 Å². The molecule has 0 aromatic carbocycles. The molecule has 3 rings (SSSR count). The predicted molar refractivity (Wildman–Crippen MR) is 104 cm³/mol. The molecule has 0 radical (unpaired) electrons. The number of pyridine rings is 1. The number of nitrogens with one attached hydrogen (secondary N) is 1. The Morgan fingerprint density at radius 1 is 1.33 bits per heavy atom. The number of fused-ring (bicyclic) bond motifs is 1. The van der Waals surface area contributed by atoms with Crippen LogP contribution in [0.4, 0.5) is 0 Å². The zero-order valence-corrected chi connectivity index (χ0v) is 16.1. The van der Waals surface area contributed by atoms with E-state index in [-0.39, 0.29) is 11.9 Å². The Labute approximate surface area is 159 Å². The van der Waals surface area contributed by atoms with Crippen LogP contribution in [0.25, 0.3) is 5.65 Å². The fourth-order valence-electron chi connectivity index (χ4n) is 3.43. The maximum absolute atomic E-state index is 11.9. The van der Waals surface area contributed by atoms with Crippen molar-refractivity contribution in [1.82, 2.24) is 24.8 Å². The fraction of sp³-hybridized carbons (Fsp3) is 0.579. The maximum Gasteiger partial charge on any atom is 0.309 e. The maximum atomic E-state index is 11.9. The van der Waals surface area contributed by atoms with Crippen molar-refractivity contribution in [3.05, 3.63) is 30.2 Å². The molecule has 0 unspecified atom stereocenters. The average molecular weight is 372 g/mol. The summed E-state index contributed by atoms with van der Waals surface area (Å²) in [5.74, 6) is 1.81. The molecule has 0 amide bonds. The largest absolute Gasteiger partial charge is 0.466 e. The molecule has 0 spiro atoms. The van der Waals surface area contributed by atoms with E-state index in [1.54, 1.807) is 7.05 Å². The van der Waals surface area contributed by atoms with E-state index >= 15 is 0 Å². The second-order valence-electron chi connectivity index (χ2n) is 6.64. The first-order valence-corrected chi connectivity index (χ1v) is 9.63. The highest BCUT2D eigenvalue weighted by atomic mass is 16.5. The van der Waals surface area contributed by atoms with Gasteiger partial charge in [-0.15, -0.1) is 10.2 Å². The van der Waals surface area contributed by atoms with Crippen LogP contribution in [-0.2, 0) is 16.0 Å². The molecule has 1 aliphatic rings. The van der Waals surface area contributed by atoms with Crippen LogP contribution in [0.5, 0.6) is 0 Å². The molecule has 0 saturated carbocycles. The molecule has 2 aromatic heterocycles. The topological polar surface area (TPSA) is 84.1 Å². The quantitative estimate of drug-likeness (QED) is 0.358. The molecule has 3 heterocycles. The van der Waals surface area contributed by atoms with Crippen LogP contribution in [-0.4, -0.2) is 64.7 Å². The summed E-state index contributed by atoms with van der Waals surface area (Å²) in [5, 5.41) is 11.9. The number of aliphatic imine (C=N–C) groups is 1. The van der Waals surface area contributed by atoms with Crippen molar-refractivity contribution >= 4 is 17.6 Å². The van der Waals surface area contributed by atoms with Gasteiger partial charge in [0.1, 0.15) is 5.82 Å². The molecule has 0 aliphatic carbocycles. The van der Waals surface area contributed by atoms with Crippen LogP contribution in [0.2, 0.25) is 0 Å². The van der Waals surface area contributed by atoms with E-state index in [4.69, 9.17) is 4.74 Å². The first kappa shape index (κ1) is 19.1. The third-order valence-corrected chi connectivity index (χ3v) is 4.87. The number of carbonyl (C=O) groups excluding carboxylic acids is 1. The zero-order chi connectivity index (χ0) is 19.1. The van der Waals surface area contributed by atoms with E-state index in [2.05, 4.69) is 25.4 Å². The normalized spacial score (nSPS) is 15.9. The summed E-state index contributed by atoms with van der Waals surface area (Å²) in [4.78, 5) is 18.5. The molecule has 1 fully saturated rings. The third-order valence-electron chi connectivity index (χ3n) is 4.87. The van der Waals surface area contributed by atoms with E-state index < -0.39 is 0 Å². The number of carbonyl (C=O) groups is 1. The van der Waals surface area contributed by atoms with Gasteiger partial charge in [0.05, 0.1) is 12.5 Å². The number of esters is 1. The van der Waals surface area contributed by atoms with Gasteiger partial charge in [-0.3, -0.25) is 14.2 Å². The molecular weight excluding hydrogens is 344 g/mol. The number of rotatable bonds is 6. The van der Waals surface area contributed by atoms with E-state index in [0.717, 1.165) is 62.7 Å². The molecule has 1 aliphatic heterocycles. The third kappa shape index (κ3) is 4.75. The second kappa shape index (κ2) is 9.34. The van der Waals surface area contributed by atoms with Crippen molar-refractivity contribution in [2.75, 3.05) is 33.3 Å². The molecule has 146 valence electrons. The van der Waals surface area contributed by atoms with Gasteiger partial charge in [0.15, 0.2) is 11.6 Å². The van der Waals surface area contributed by atoms with Crippen LogP contribution >= 0.6 is 0 Å². The Bertz CT molecular complexity index is 779. The molecular formula is C19H28N6O2. The highest BCUT2D eigenvalue weighted by Crippen LogP contribution is 2.18. The summed E-state index contributed by atoms with van der Waals surface area (Å²) in [7, 11) is 1.80. The molecule has 0 bridgehead atoms. The van der Waals surface area contributed by atoms with Crippen molar-refractivity contribution in [2.24, 2.45) is 10.9 Å². The number of hydrogen-bond acceptors (Lipinski definition) is 5. The van der Waals surface area contributed by atoms with Crippen LogP contribution in [0.15, 0.2) is 29.4 Å². The Morgan fingerprint density at radius 2 is 2.15 bits per heavy atom. The van der Waals surface area contributed by atoms with Gasteiger partial charge in [0.2, 0.25) is 0 Å². The van der Waals surface area contributed by atoms with Gasteiger partial charge in [-0.05, 0) is 38.3 Å². The number of aryl methyl sites for hydroxylation is 1. The first-order valence-electron chi connectivity index (χ1n) is 9.63. The van der Waals surface area contributed by atoms with Crippen molar-refractivity contribution in [1.29, 1.82) is 0 Å². The smallest absolute Gasteiger partial charge is 0.309 e. The van der Waals surface area contributed by atoms with Gasteiger partial charge in [-0.2, -0.15) is 0 Å². The van der Waals surface area contributed by atoms with Gasteiger partial charge >= 0.3 is 5.97 Å². The van der Waals surface area contributed by atoms with Gasteiger partial charge in [-0.25, -0.2) is 0 Å². The number of guanidine groups is 1. The minimum Gasteiger partial charge on any atom is -0.466 e. The number of hydrogen-bond donors (Lipinski definition) is 1. The number of aromatic nitrogens is 3. The summed E-state index contributed by atoms with van der Waals surface area (Å²) in [6.45, 7) is 4.74. The Balaban J connectivity index is 1.43. The summed E-state index contributed by atoms with van der Waals surface area (Å²) < 4.78 is 7.16. The van der Waals surface area contributed by atoms with E-state index in [1.165, 1.54) is 0 Å². The molecule has 27 heavy (non-hydrogen) atoms. The Kier molecular flexibility index (Phi) is 6.62. The summed E-state index contributed by atoms with van der Waals surface area (Å²) in [6, 6.07) is 5.90. The predicted octanol–water partition coefficient (Wildman–Crippen LogP) is 1.51. The fourth-order valence-corrected chi connectivity index (χ4v) is 3.43. The number of nitrogens with zero attached hydrogens (tertiary/aromatic N) is 5. The highest BCUT2D eigenvalue weighted by molar-refractivity contribution is 5.80. The van der Waals surface area contributed by atoms with Crippen LogP contribution < -0.4 is 5.32 Å². The van der Waals surface area contributed by atoms with Crippen molar-refractivity contribution in [3.8, 4) is 0 Å². The van der Waals surface area contributed by atoms with Gasteiger partial charge in [0.25, 0.3) is 0 Å². The van der Waals surface area contributed by atoms with Crippen LogP contribution in [0.1, 0.15) is 32.0 Å². The summed E-state index contributed by atoms with van der Waals surface area (Å²) >= 11 is 0. The lowest BCUT2D eigenvalue weighted by molar-refractivity contribution is -0.149. The lowest BCUT2D eigenvalue weighted by Gasteiger charge is -2.33. The van der Waals surface area contributed by atoms with Crippen molar-refractivity contribution in [3.63, 3.8) is 0 Å². The number of ether oxygens (including phenoxy) is 1. The molecule has 1 saturated heterocycles. The lowest BCUT2D eigenvalue weighted by atomic mass is 9.97. The monoisotopic (exact) mass is 372 g/mol. The Hall–Kier alpha value is -2.64. The first-order chi connectivity index (χ1) is 13.2. The summed E-state index contributed by atoms with van der Waals surface area (Å²) in [5.41, 5.74) is 0.876. The Morgan fingerprint density at radius 3 is 2.89 bits per heavy atom. The standard InChI is InChI=1S/C19H28N6O2/c1-3-27-18(26)15-9-13-24(14-10-15)19(20-2)21-11-6-8-17-23-22-16-7-4-5-12-25(16)17/h4-5,7,12,15H,3,6,8-11,13-14H2,1-2H3,(H,20,21). The van der Waals surface area contributed by atoms with Gasteiger partial charge in [-0.1, -0.05) is 6.07 Å².